The number of aromatic carboxylic acids is 1. The largest absolute Gasteiger partial charge is 0.477 e. The normalized spacial score (nSPS) is 10.8. The predicted octanol–water partition coefficient (Wildman–Crippen LogP) is 3.77. The maximum absolute atomic E-state index is 12.5. The van der Waals surface area contributed by atoms with E-state index in [0.717, 1.165) is 11.1 Å². The van der Waals surface area contributed by atoms with Gasteiger partial charge in [0.15, 0.2) is 0 Å². The monoisotopic (exact) mass is 376 g/mol. The molecule has 0 saturated carbocycles. The molecule has 0 aliphatic rings. The van der Waals surface area contributed by atoms with Crippen LogP contribution in [0.3, 0.4) is 0 Å². The Balaban J connectivity index is 2.16. The van der Waals surface area contributed by atoms with Crippen molar-refractivity contribution in [2.45, 2.75) is 6.42 Å². The summed E-state index contributed by atoms with van der Waals surface area (Å²) in [6, 6.07) is 10.7. The van der Waals surface area contributed by atoms with Gasteiger partial charge in [-0.3, -0.25) is 9.47 Å². The lowest BCUT2D eigenvalue weighted by Gasteiger charge is -2.13. The van der Waals surface area contributed by atoms with Crippen LogP contribution in [0.5, 0.6) is 0 Å². The first-order chi connectivity index (χ1) is 11.9. The van der Waals surface area contributed by atoms with Crippen molar-refractivity contribution in [3.8, 4) is 0 Å². The van der Waals surface area contributed by atoms with Crippen molar-refractivity contribution in [1.29, 1.82) is 0 Å². The highest BCUT2D eigenvalue weighted by Gasteiger charge is 2.15. The van der Waals surface area contributed by atoms with Gasteiger partial charge in [-0.25, -0.2) is 4.79 Å². The van der Waals surface area contributed by atoms with Gasteiger partial charge in [0.2, 0.25) is 5.43 Å². The summed E-state index contributed by atoms with van der Waals surface area (Å²) in [7, 11) is 1.65. The van der Waals surface area contributed by atoms with Crippen molar-refractivity contribution in [3.63, 3.8) is 0 Å². The maximum Gasteiger partial charge on any atom is 0.341 e. The highest BCUT2D eigenvalue weighted by molar-refractivity contribution is 6.42. The molecule has 128 valence electrons. The first kappa shape index (κ1) is 17.3. The van der Waals surface area contributed by atoms with Gasteiger partial charge in [-0.1, -0.05) is 41.4 Å². The summed E-state index contributed by atoms with van der Waals surface area (Å²) >= 11 is 12.3. The molecule has 25 heavy (non-hydrogen) atoms. The van der Waals surface area contributed by atoms with E-state index in [0.29, 0.717) is 27.4 Å². The van der Waals surface area contributed by atoms with Crippen LogP contribution in [0.4, 0.5) is 0 Å². The molecule has 3 rings (SSSR count). The highest BCUT2D eigenvalue weighted by atomic mass is 35.5. The zero-order valence-electron chi connectivity index (χ0n) is 13.2. The number of nitrogens with one attached hydrogen (secondary N) is 1. The Morgan fingerprint density at radius 3 is 2.68 bits per heavy atom. The number of nitrogens with zero attached hydrogens (tertiary/aromatic N) is 1. The lowest BCUT2D eigenvalue weighted by Crippen LogP contribution is -2.22. The van der Waals surface area contributed by atoms with E-state index < -0.39 is 11.4 Å². The van der Waals surface area contributed by atoms with Crippen molar-refractivity contribution >= 4 is 40.1 Å². The van der Waals surface area contributed by atoms with Gasteiger partial charge in [-0.15, -0.1) is 0 Å². The van der Waals surface area contributed by atoms with Crippen LogP contribution < -0.4 is 10.9 Å². The summed E-state index contributed by atoms with van der Waals surface area (Å²) in [5.74, 6) is -1.26. The van der Waals surface area contributed by atoms with Gasteiger partial charge in [0.05, 0.1) is 15.6 Å². The number of benzene rings is 2. The summed E-state index contributed by atoms with van der Waals surface area (Å²) < 4.78 is 1.51. The van der Waals surface area contributed by atoms with Gasteiger partial charge in [0.1, 0.15) is 5.56 Å². The van der Waals surface area contributed by atoms with E-state index in [1.807, 2.05) is 12.1 Å². The molecule has 0 bridgehead atoms. The van der Waals surface area contributed by atoms with Gasteiger partial charge in [0, 0.05) is 18.6 Å². The van der Waals surface area contributed by atoms with Gasteiger partial charge in [-0.05, 0) is 35.7 Å². The standard InChI is InChI=1S/C18H14Cl2N2O3/c1-21-22-9-13(18(24)25)17(23)12-8-10(5-6-15(12)22)7-11-3-2-4-14(19)16(11)20/h2-6,8-9,21H,7H2,1H3,(H,24,25). The second kappa shape index (κ2) is 6.78. The predicted molar refractivity (Wildman–Crippen MR) is 99.7 cm³/mol. The molecule has 0 unspecified atom stereocenters. The van der Waals surface area contributed by atoms with Crippen LogP contribution in [0.15, 0.2) is 47.4 Å². The van der Waals surface area contributed by atoms with Crippen LogP contribution in [0, 0.1) is 0 Å². The molecule has 0 aliphatic heterocycles. The molecule has 7 heteroatoms. The smallest absolute Gasteiger partial charge is 0.341 e. The molecule has 0 amide bonds. The number of carboxylic acids is 1. The molecule has 5 nitrogen and oxygen atoms in total. The fourth-order valence-corrected chi connectivity index (χ4v) is 3.12. The fourth-order valence-electron chi connectivity index (χ4n) is 2.73. The van der Waals surface area contributed by atoms with Crippen molar-refractivity contribution in [2.75, 3.05) is 12.5 Å². The maximum atomic E-state index is 12.5. The molecule has 0 saturated heterocycles. The Morgan fingerprint density at radius 2 is 2.00 bits per heavy atom. The van der Waals surface area contributed by atoms with Gasteiger partial charge < -0.3 is 10.5 Å². The summed E-state index contributed by atoms with van der Waals surface area (Å²) in [6.45, 7) is 0. The lowest BCUT2D eigenvalue weighted by molar-refractivity contribution is 0.0695. The molecular weight excluding hydrogens is 363 g/mol. The van der Waals surface area contributed by atoms with E-state index in [4.69, 9.17) is 23.2 Å². The first-order valence-corrected chi connectivity index (χ1v) is 8.20. The minimum Gasteiger partial charge on any atom is -0.477 e. The van der Waals surface area contributed by atoms with Gasteiger partial charge in [-0.2, -0.15) is 0 Å². The number of hydrogen-bond donors (Lipinski definition) is 2. The average Bonchev–Trinajstić information content (AvgIpc) is 2.59. The number of aromatic nitrogens is 1. The van der Waals surface area contributed by atoms with Crippen LogP contribution in [-0.4, -0.2) is 22.8 Å². The SMILES string of the molecule is CNn1cc(C(=O)O)c(=O)c2cc(Cc3cccc(Cl)c3Cl)ccc21. The lowest BCUT2D eigenvalue weighted by atomic mass is 10.0. The molecule has 0 atom stereocenters. The number of carbonyl (C=O) groups is 1. The Kier molecular flexibility index (Phi) is 4.70. The molecular formula is C18H14Cl2N2O3. The molecule has 0 spiro atoms. The van der Waals surface area contributed by atoms with Crippen LogP contribution in [-0.2, 0) is 6.42 Å². The zero-order chi connectivity index (χ0) is 18.1. The van der Waals surface area contributed by atoms with Crippen molar-refractivity contribution in [3.05, 3.63) is 79.6 Å². The second-order valence-corrected chi connectivity index (χ2v) is 6.30. The number of halogens is 2. The molecule has 1 heterocycles. The molecule has 0 aliphatic carbocycles. The molecule has 0 fully saturated rings. The Bertz CT molecular complexity index is 1040. The summed E-state index contributed by atoms with van der Waals surface area (Å²) in [4.78, 5) is 23.8. The summed E-state index contributed by atoms with van der Waals surface area (Å²) in [5, 5.41) is 10.5. The van der Waals surface area contributed by atoms with Crippen molar-refractivity contribution < 1.29 is 9.90 Å². The fraction of sp³-hybridized carbons (Fsp3) is 0.111. The van der Waals surface area contributed by atoms with E-state index in [1.165, 1.54) is 10.9 Å². The van der Waals surface area contributed by atoms with E-state index in [-0.39, 0.29) is 5.56 Å². The molecule has 2 aromatic carbocycles. The third-order valence-electron chi connectivity index (χ3n) is 3.97. The minimum absolute atomic E-state index is 0.292. The average molecular weight is 377 g/mol. The zero-order valence-corrected chi connectivity index (χ0v) is 14.7. The number of carboxylic acid groups (broad SMARTS) is 1. The van der Waals surface area contributed by atoms with Gasteiger partial charge in [0.25, 0.3) is 0 Å². The third kappa shape index (κ3) is 3.21. The molecule has 1 aromatic heterocycles. The Morgan fingerprint density at radius 1 is 1.24 bits per heavy atom. The quantitative estimate of drug-likeness (QED) is 0.726. The van der Waals surface area contributed by atoms with E-state index in [1.54, 1.807) is 31.3 Å². The van der Waals surface area contributed by atoms with Crippen molar-refractivity contribution in [1.82, 2.24) is 4.68 Å². The molecule has 0 radical (unpaired) electrons. The van der Waals surface area contributed by atoms with E-state index >= 15 is 0 Å². The highest BCUT2D eigenvalue weighted by Crippen LogP contribution is 2.27. The van der Waals surface area contributed by atoms with E-state index in [2.05, 4.69) is 5.43 Å². The second-order valence-electron chi connectivity index (χ2n) is 5.51. The van der Waals surface area contributed by atoms with Gasteiger partial charge >= 0.3 is 5.97 Å². The topological polar surface area (TPSA) is 71.3 Å². The molecule has 2 N–H and O–H groups in total. The van der Waals surface area contributed by atoms with Crippen LogP contribution in [0.2, 0.25) is 10.0 Å². The number of pyridine rings is 1. The Hall–Kier alpha value is -2.50. The van der Waals surface area contributed by atoms with Crippen LogP contribution in [0.1, 0.15) is 21.5 Å². The van der Waals surface area contributed by atoms with Crippen LogP contribution in [0.25, 0.3) is 10.9 Å². The first-order valence-electron chi connectivity index (χ1n) is 7.44. The Labute approximate surface area is 153 Å². The van der Waals surface area contributed by atoms with Crippen LogP contribution >= 0.6 is 23.2 Å². The molecule has 3 aromatic rings. The number of fused-ring (bicyclic) bond motifs is 1. The summed E-state index contributed by atoms with van der Waals surface area (Å²) in [6.07, 6.45) is 1.76. The number of hydrogen-bond acceptors (Lipinski definition) is 3. The van der Waals surface area contributed by atoms with E-state index in [9.17, 15) is 14.7 Å². The minimum atomic E-state index is -1.26. The third-order valence-corrected chi connectivity index (χ3v) is 4.82. The number of rotatable bonds is 4. The summed E-state index contributed by atoms with van der Waals surface area (Å²) in [5.41, 5.74) is 4.30. The van der Waals surface area contributed by atoms with Crippen molar-refractivity contribution in [2.24, 2.45) is 0 Å².